The molecule has 0 saturated heterocycles. The smallest absolute Gasteiger partial charge is 0.306 e. The van der Waals surface area contributed by atoms with Crippen molar-refractivity contribution in [2.75, 3.05) is 6.54 Å². The van der Waals surface area contributed by atoms with E-state index in [2.05, 4.69) is 30.8 Å². The summed E-state index contributed by atoms with van der Waals surface area (Å²) in [5.41, 5.74) is 1.94. The highest BCUT2D eigenvalue weighted by molar-refractivity contribution is 9.10. The lowest BCUT2D eigenvalue weighted by atomic mass is 10.0. The Hall–Kier alpha value is -2.45. The third kappa shape index (κ3) is 4.43. The van der Waals surface area contributed by atoms with Crippen LogP contribution in [0.3, 0.4) is 0 Å². The molecular weight excluding hydrogens is 447 g/mol. The van der Waals surface area contributed by atoms with Gasteiger partial charge >= 0.3 is 6.18 Å². The first kappa shape index (κ1) is 19.8. The Kier molecular flexibility index (Phi) is 5.31. The maximum atomic E-state index is 12.7. The Balaban J connectivity index is 1.56. The summed E-state index contributed by atoms with van der Waals surface area (Å²) in [7, 11) is 0. The highest BCUT2D eigenvalue weighted by atomic mass is 79.9. The first-order valence-electron chi connectivity index (χ1n) is 9.06. The summed E-state index contributed by atoms with van der Waals surface area (Å²) < 4.78 is 39.2. The van der Waals surface area contributed by atoms with E-state index < -0.39 is 11.7 Å². The van der Waals surface area contributed by atoms with Gasteiger partial charge in [0, 0.05) is 36.1 Å². The molecule has 0 saturated carbocycles. The molecule has 1 N–H and O–H groups in total. The number of alkyl halides is 3. The van der Waals surface area contributed by atoms with E-state index in [-0.39, 0.29) is 5.56 Å². The van der Waals surface area contributed by atoms with Crippen molar-refractivity contribution in [2.24, 2.45) is 0 Å². The van der Waals surface area contributed by atoms with Crippen LogP contribution in [-0.2, 0) is 25.7 Å². The monoisotopic (exact) mass is 463 g/mol. The average Bonchev–Trinajstić information content (AvgIpc) is 2.68. The van der Waals surface area contributed by atoms with Crippen molar-refractivity contribution in [1.29, 1.82) is 0 Å². The zero-order valence-corrected chi connectivity index (χ0v) is 16.8. The number of aromatic amines is 1. The van der Waals surface area contributed by atoms with Gasteiger partial charge in [-0.05, 0) is 29.8 Å². The number of halogens is 4. The van der Waals surface area contributed by atoms with Crippen LogP contribution in [0.4, 0.5) is 13.2 Å². The Bertz CT molecular complexity index is 1090. The number of nitrogens with zero attached hydrogens (tertiary/aromatic N) is 2. The Morgan fingerprint density at radius 1 is 1.14 bits per heavy atom. The van der Waals surface area contributed by atoms with Gasteiger partial charge < -0.3 is 4.98 Å². The standard InChI is InChI=1S/C21H17BrF3N3O/c22-16-3-1-2-13(10-16)11-28-9-8-18-17(12-28)20(29)27-19(26-18)14-4-6-15(7-5-14)21(23,24)25/h1-7,10H,8-9,11-12H2,(H,26,27,29). The Labute approximate surface area is 173 Å². The van der Waals surface area contributed by atoms with Crippen molar-refractivity contribution in [3.63, 3.8) is 0 Å². The quantitative estimate of drug-likeness (QED) is 0.608. The second-order valence-corrected chi connectivity index (χ2v) is 7.92. The van der Waals surface area contributed by atoms with E-state index in [1.807, 2.05) is 24.3 Å². The van der Waals surface area contributed by atoms with Crippen LogP contribution in [0.15, 0.2) is 57.8 Å². The van der Waals surface area contributed by atoms with Crippen molar-refractivity contribution < 1.29 is 13.2 Å². The molecule has 150 valence electrons. The van der Waals surface area contributed by atoms with Crippen LogP contribution in [-0.4, -0.2) is 21.4 Å². The summed E-state index contributed by atoms with van der Waals surface area (Å²) in [4.78, 5) is 22.0. The zero-order valence-electron chi connectivity index (χ0n) is 15.3. The van der Waals surface area contributed by atoms with Crippen LogP contribution < -0.4 is 5.56 Å². The molecule has 2 heterocycles. The number of fused-ring (bicyclic) bond motifs is 1. The average molecular weight is 464 g/mol. The number of benzene rings is 2. The molecule has 1 aliphatic rings. The van der Waals surface area contributed by atoms with Gasteiger partial charge in [-0.2, -0.15) is 13.2 Å². The van der Waals surface area contributed by atoms with Crippen molar-refractivity contribution >= 4 is 15.9 Å². The Morgan fingerprint density at radius 2 is 1.90 bits per heavy atom. The second-order valence-electron chi connectivity index (χ2n) is 7.01. The maximum Gasteiger partial charge on any atom is 0.416 e. The molecule has 29 heavy (non-hydrogen) atoms. The van der Waals surface area contributed by atoms with Gasteiger partial charge in [-0.25, -0.2) is 4.98 Å². The van der Waals surface area contributed by atoms with E-state index in [0.717, 1.165) is 35.3 Å². The van der Waals surface area contributed by atoms with Gasteiger partial charge in [-0.1, -0.05) is 40.2 Å². The van der Waals surface area contributed by atoms with Gasteiger partial charge in [-0.3, -0.25) is 9.69 Å². The number of hydrogen-bond donors (Lipinski definition) is 1. The lowest BCUT2D eigenvalue weighted by molar-refractivity contribution is -0.137. The van der Waals surface area contributed by atoms with E-state index >= 15 is 0 Å². The van der Waals surface area contributed by atoms with Crippen LogP contribution >= 0.6 is 15.9 Å². The Morgan fingerprint density at radius 3 is 2.59 bits per heavy atom. The fraction of sp³-hybridized carbons (Fsp3) is 0.238. The fourth-order valence-electron chi connectivity index (χ4n) is 3.46. The van der Waals surface area contributed by atoms with E-state index in [0.29, 0.717) is 35.6 Å². The normalized spacial score (nSPS) is 14.6. The molecule has 8 heteroatoms. The van der Waals surface area contributed by atoms with Gasteiger partial charge in [0.05, 0.1) is 16.8 Å². The number of H-pyrrole nitrogens is 1. The van der Waals surface area contributed by atoms with E-state index in [9.17, 15) is 18.0 Å². The molecule has 1 aliphatic heterocycles. The molecule has 4 nitrogen and oxygen atoms in total. The lowest BCUT2D eigenvalue weighted by Gasteiger charge is -2.27. The fourth-order valence-corrected chi connectivity index (χ4v) is 3.91. The van der Waals surface area contributed by atoms with Gasteiger partial charge in [0.1, 0.15) is 5.82 Å². The molecule has 2 aromatic carbocycles. The van der Waals surface area contributed by atoms with E-state index in [1.54, 1.807) is 0 Å². The van der Waals surface area contributed by atoms with Crippen LogP contribution in [0.5, 0.6) is 0 Å². The molecule has 0 atom stereocenters. The lowest BCUT2D eigenvalue weighted by Crippen LogP contribution is -2.35. The predicted molar refractivity (Wildman–Crippen MR) is 107 cm³/mol. The molecule has 0 spiro atoms. The second kappa shape index (κ2) is 7.76. The first-order valence-corrected chi connectivity index (χ1v) is 9.85. The highest BCUT2D eigenvalue weighted by Gasteiger charge is 2.30. The van der Waals surface area contributed by atoms with Crippen LogP contribution in [0.2, 0.25) is 0 Å². The van der Waals surface area contributed by atoms with Gasteiger partial charge in [-0.15, -0.1) is 0 Å². The number of aromatic nitrogens is 2. The molecule has 4 rings (SSSR count). The van der Waals surface area contributed by atoms with Crippen LogP contribution in [0.1, 0.15) is 22.4 Å². The summed E-state index contributed by atoms with van der Waals surface area (Å²) in [6.07, 6.45) is -3.78. The molecule has 0 radical (unpaired) electrons. The topological polar surface area (TPSA) is 49.0 Å². The third-order valence-corrected chi connectivity index (χ3v) is 5.42. The summed E-state index contributed by atoms with van der Waals surface area (Å²) >= 11 is 3.46. The first-order chi connectivity index (χ1) is 13.8. The minimum atomic E-state index is -4.40. The van der Waals surface area contributed by atoms with Crippen molar-refractivity contribution in [3.8, 4) is 11.4 Å². The zero-order chi connectivity index (χ0) is 20.6. The van der Waals surface area contributed by atoms with Crippen LogP contribution in [0, 0.1) is 0 Å². The maximum absolute atomic E-state index is 12.7. The molecule has 3 aromatic rings. The van der Waals surface area contributed by atoms with Crippen molar-refractivity contribution in [3.05, 3.63) is 85.7 Å². The summed E-state index contributed by atoms with van der Waals surface area (Å²) in [6.45, 7) is 1.96. The summed E-state index contributed by atoms with van der Waals surface area (Å²) in [6, 6.07) is 12.7. The van der Waals surface area contributed by atoms with Gasteiger partial charge in [0.15, 0.2) is 0 Å². The largest absolute Gasteiger partial charge is 0.416 e. The van der Waals surface area contributed by atoms with E-state index in [1.165, 1.54) is 12.1 Å². The molecule has 0 fully saturated rings. The number of rotatable bonds is 3. The van der Waals surface area contributed by atoms with Crippen LogP contribution in [0.25, 0.3) is 11.4 Å². The molecular formula is C21H17BrF3N3O. The summed E-state index contributed by atoms with van der Waals surface area (Å²) in [5.74, 6) is 0.294. The van der Waals surface area contributed by atoms with Crippen molar-refractivity contribution in [1.82, 2.24) is 14.9 Å². The molecule has 0 unspecified atom stereocenters. The number of nitrogens with one attached hydrogen (secondary N) is 1. The summed E-state index contributed by atoms with van der Waals surface area (Å²) in [5, 5.41) is 0. The minimum absolute atomic E-state index is 0.246. The molecule has 0 aliphatic carbocycles. The van der Waals surface area contributed by atoms with Gasteiger partial charge in [0.2, 0.25) is 0 Å². The third-order valence-electron chi connectivity index (χ3n) is 4.93. The highest BCUT2D eigenvalue weighted by Crippen LogP contribution is 2.30. The molecule has 1 aromatic heterocycles. The number of hydrogen-bond acceptors (Lipinski definition) is 3. The molecule has 0 amide bonds. The molecule has 0 bridgehead atoms. The SMILES string of the molecule is O=c1[nH]c(-c2ccc(C(F)(F)F)cc2)nc2c1CN(Cc1cccc(Br)c1)CC2. The van der Waals surface area contributed by atoms with Gasteiger partial charge in [0.25, 0.3) is 5.56 Å². The van der Waals surface area contributed by atoms with E-state index in [4.69, 9.17) is 0 Å². The minimum Gasteiger partial charge on any atom is -0.306 e. The predicted octanol–water partition coefficient (Wildman–Crippen LogP) is 4.78. The van der Waals surface area contributed by atoms with Crippen molar-refractivity contribution in [2.45, 2.75) is 25.7 Å².